The molecule has 0 aliphatic carbocycles. The molecule has 2 aromatic carbocycles. The summed E-state index contributed by atoms with van der Waals surface area (Å²) < 4.78 is 10.4. The third kappa shape index (κ3) is 5.51. The van der Waals surface area contributed by atoms with Gasteiger partial charge in [0.25, 0.3) is 0 Å². The number of phenolic OH excluding ortho intramolecular Hbond substituents is 1. The monoisotopic (exact) mass is 429 g/mol. The zero-order valence-electron chi connectivity index (χ0n) is 12.9. The number of benzene rings is 2. The quantitative estimate of drug-likeness (QED) is 0.387. The lowest BCUT2D eigenvalue weighted by Crippen LogP contribution is -2.22. The summed E-state index contributed by atoms with van der Waals surface area (Å²) >= 11 is 0. The van der Waals surface area contributed by atoms with Crippen LogP contribution in [0.2, 0.25) is 0 Å². The Morgan fingerprint density at radius 1 is 1.13 bits per heavy atom. The molecule has 7 heteroatoms. The first-order chi connectivity index (χ1) is 10.6. The van der Waals surface area contributed by atoms with Crippen molar-refractivity contribution < 1.29 is 14.6 Å². The van der Waals surface area contributed by atoms with Gasteiger partial charge in [-0.2, -0.15) is 0 Å². The van der Waals surface area contributed by atoms with E-state index in [9.17, 15) is 5.11 Å². The first-order valence-corrected chi connectivity index (χ1v) is 6.69. The molecule has 124 valence electrons. The number of aliphatic imine (C=N–C) groups is 1. The molecule has 0 saturated heterocycles. The summed E-state index contributed by atoms with van der Waals surface area (Å²) in [6.07, 6.45) is 0. The van der Waals surface area contributed by atoms with Crippen LogP contribution in [0.15, 0.2) is 47.5 Å². The molecule has 0 aliphatic heterocycles. The summed E-state index contributed by atoms with van der Waals surface area (Å²) in [5, 5.41) is 12.4. The molecule has 0 atom stereocenters. The van der Waals surface area contributed by atoms with Gasteiger partial charge >= 0.3 is 0 Å². The van der Waals surface area contributed by atoms with E-state index in [2.05, 4.69) is 10.3 Å². The molecule has 4 N–H and O–H groups in total. The lowest BCUT2D eigenvalue weighted by atomic mass is 10.2. The van der Waals surface area contributed by atoms with Gasteiger partial charge in [-0.3, -0.25) is 0 Å². The average Bonchev–Trinajstić information content (AvgIpc) is 2.53. The highest BCUT2D eigenvalue weighted by Crippen LogP contribution is 2.29. The van der Waals surface area contributed by atoms with Gasteiger partial charge in [0.1, 0.15) is 5.75 Å². The van der Waals surface area contributed by atoms with Gasteiger partial charge in [-0.15, -0.1) is 24.0 Å². The molecular weight excluding hydrogens is 409 g/mol. The van der Waals surface area contributed by atoms with Gasteiger partial charge in [0.05, 0.1) is 20.8 Å². The molecule has 0 fully saturated rings. The van der Waals surface area contributed by atoms with Crippen molar-refractivity contribution in [2.45, 2.75) is 6.54 Å². The number of hydrogen-bond donors (Lipinski definition) is 3. The average molecular weight is 429 g/mol. The van der Waals surface area contributed by atoms with Crippen molar-refractivity contribution >= 4 is 35.6 Å². The number of methoxy groups -OCH3 is 2. The van der Waals surface area contributed by atoms with E-state index in [-0.39, 0.29) is 35.7 Å². The summed E-state index contributed by atoms with van der Waals surface area (Å²) in [4.78, 5) is 4.23. The Morgan fingerprint density at radius 2 is 1.87 bits per heavy atom. The van der Waals surface area contributed by atoms with E-state index in [0.717, 1.165) is 11.3 Å². The second-order valence-electron chi connectivity index (χ2n) is 4.57. The van der Waals surface area contributed by atoms with Crippen LogP contribution in [-0.2, 0) is 6.54 Å². The van der Waals surface area contributed by atoms with Gasteiger partial charge in [0, 0.05) is 11.8 Å². The predicted molar refractivity (Wildman–Crippen MR) is 102 cm³/mol. The zero-order valence-corrected chi connectivity index (χ0v) is 15.3. The highest BCUT2D eigenvalue weighted by atomic mass is 127. The van der Waals surface area contributed by atoms with Crippen LogP contribution < -0.4 is 20.5 Å². The second kappa shape index (κ2) is 9.09. The van der Waals surface area contributed by atoms with E-state index >= 15 is 0 Å². The molecule has 0 amide bonds. The minimum absolute atomic E-state index is 0. The third-order valence-electron chi connectivity index (χ3n) is 3.00. The number of nitrogens with one attached hydrogen (secondary N) is 1. The van der Waals surface area contributed by atoms with E-state index in [1.165, 1.54) is 0 Å². The van der Waals surface area contributed by atoms with Crippen molar-refractivity contribution in [3.8, 4) is 17.2 Å². The van der Waals surface area contributed by atoms with Crippen LogP contribution in [0.1, 0.15) is 5.56 Å². The van der Waals surface area contributed by atoms with Gasteiger partial charge in [0.15, 0.2) is 17.5 Å². The smallest absolute Gasteiger partial charge is 0.193 e. The largest absolute Gasteiger partial charge is 0.508 e. The molecule has 0 saturated carbocycles. The van der Waals surface area contributed by atoms with Crippen LogP contribution in [0.3, 0.4) is 0 Å². The molecule has 0 aliphatic rings. The van der Waals surface area contributed by atoms with Crippen molar-refractivity contribution in [2.24, 2.45) is 10.7 Å². The van der Waals surface area contributed by atoms with Crippen molar-refractivity contribution in [1.29, 1.82) is 0 Å². The summed E-state index contributed by atoms with van der Waals surface area (Å²) in [6, 6.07) is 12.3. The summed E-state index contributed by atoms with van der Waals surface area (Å²) in [5.41, 5.74) is 7.48. The first-order valence-electron chi connectivity index (χ1n) is 6.69. The van der Waals surface area contributed by atoms with Gasteiger partial charge in [-0.05, 0) is 29.8 Å². The highest BCUT2D eigenvalue weighted by molar-refractivity contribution is 14.0. The molecule has 2 rings (SSSR count). The van der Waals surface area contributed by atoms with Crippen LogP contribution in [0.4, 0.5) is 5.69 Å². The molecule has 0 radical (unpaired) electrons. The number of ether oxygens (including phenoxy) is 2. The van der Waals surface area contributed by atoms with E-state index in [0.29, 0.717) is 18.0 Å². The Hall–Kier alpha value is -2.16. The minimum Gasteiger partial charge on any atom is -0.508 e. The van der Waals surface area contributed by atoms with Crippen LogP contribution in [-0.4, -0.2) is 25.3 Å². The Bertz CT molecular complexity index is 677. The number of halogens is 1. The number of phenols is 1. The SMILES string of the molecule is COc1ccc(NC(N)=NCc2cccc(O)c2)cc1OC.I. The van der Waals surface area contributed by atoms with Gasteiger partial charge < -0.3 is 25.6 Å². The highest BCUT2D eigenvalue weighted by Gasteiger charge is 2.05. The summed E-state index contributed by atoms with van der Waals surface area (Å²) in [6.45, 7) is 0.376. The Morgan fingerprint density at radius 3 is 2.52 bits per heavy atom. The molecule has 2 aromatic rings. The fraction of sp³-hybridized carbons (Fsp3) is 0.188. The molecule has 0 bridgehead atoms. The normalized spacial score (nSPS) is 10.6. The lowest BCUT2D eigenvalue weighted by molar-refractivity contribution is 0.355. The number of anilines is 1. The number of nitrogens with two attached hydrogens (primary N) is 1. The minimum atomic E-state index is 0. The van der Waals surface area contributed by atoms with Crippen LogP contribution in [0, 0.1) is 0 Å². The number of hydrogen-bond acceptors (Lipinski definition) is 4. The fourth-order valence-corrected chi connectivity index (χ4v) is 1.93. The Labute approximate surface area is 152 Å². The number of nitrogens with zero attached hydrogens (tertiary/aromatic N) is 1. The lowest BCUT2D eigenvalue weighted by Gasteiger charge is -2.11. The fourth-order valence-electron chi connectivity index (χ4n) is 1.93. The van der Waals surface area contributed by atoms with Gasteiger partial charge in [0.2, 0.25) is 0 Å². The van der Waals surface area contributed by atoms with Crippen LogP contribution in [0.5, 0.6) is 17.2 Å². The number of aromatic hydroxyl groups is 1. The molecule has 0 unspecified atom stereocenters. The second-order valence-corrected chi connectivity index (χ2v) is 4.57. The van der Waals surface area contributed by atoms with E-state index in [1.54, 1.807) is 44.6 Å². The van der Waals surface area contributed by atoms with Crippen molar-refractivity contribution in [3.05, 3.63) is 48.0 Å². The molecule has 0 aromatic heterocycles. The van der Waals surface area contributed by atoms with Crippen molar-refractivity contribution in [1.82, 2.24) is 0 Å². The van der Waals surface area contributed by atoms with Crippen LogP contribution >= 0.6 is 24.0 Å². The zero-order chi connectivity index (χ0) is 15.9. The summed E-state index contributed by atoms with van der Waals surface area (Å²) in [5.74, 6) is 1.73. The molecule has 23 heavy (non-hydrogen) atoms. The van der Waals surface area contributed by atoms with E-state index in [1.807, 2.05) is 12.1 Å². The van der Waals surface area contributed by atoms with E-state index in [4.69, 9.17) is 15.2 Å². The molecule has 0 spiro atoms. The van der Waals surface area contributed by atoms with Crippen molar-refractivity contribution in [3.63, 3.8) is 0 Å². The number of guanidine groups is 1. The Balaban J connectivity index is 0.00000264. The maximum atomic E-state index is 9.40. The molecule has 0 heterocycles. The standard InChI is InChI=1S/C16H19N3O3.HI/c1-21-14-7-6-12(9-15(14)22-2)19-16(17)18-10-11-4-3-5-13(20)8-11;/h3-9,20H,10H2,1-2H3,(H3,17,18,19);1H. The number of rotatable bonds is 5. The van der Waals surface area contributed by atoms with Crippen LogP contribution in [0.25, 0.3) is 0 Å². The Kier molecular flexibility index (Phi) is 7.46. The topological polar surface area (TPSA) is 89.1 Å². The maximum absolute atomic E-state index is 9.40. The molecule has 6 nitrogen and oxygen atoms in total. The third-order valence-corrected chi connectivity index (χ3v) is 3.00. The van der Waals surface area contributed by atoms with Crippen molar-refractivity contribution in [2.75, 3.05) is 19.5 Å². The predicted octanol–water partition coefficient (Wildman–Crippen LogP) is 2.95. The molecular formula is C16H20IN3O3. The van der Waals surface area contributed by atoms with Gasteiger partial charge in [-0.1, -0.05) is 12.1 Å². The summed E-state index contributed by atoms with van der Waals surface area (Å²) in [7, 11) is 3.15. The first kappa shape index (κ1) is 18.9. The maximum Gasteiger partial charge on any atom is 0.193 e. The van der Waals surface area contributed by atoms with E-state index < -0.39 is 0 Å². The van der Waals surface area contributed by atoms with Gasteiger partial charge in [-0.25, -0.2) is 4.99 Å².